The summed E-state index contributed by atoms with van der Waals surface area (Å²) in [5, 5.41) is 12.5. The van der Waals surface area contributed by atoms with Crippen molar-refractivity contribution in [3.8, 4) is 0 Å². The maximum Gasteiger partial charge on any atom is 0.345 e. The number of piperidine rings is 3. The number of fused-ring (bicyclic) bond motifs is 3. The van der Waals surface area contributed by atoms with E-state index in [0.717, 1.165) is 42.9 Å². The van der Waals surface area contributed by atoms with Crippen molar-refractivity contribution in [3.05, 3.63) is 57.8 Å². The van der Waals surface area contributed by atoms with Crippen molar-refractivity contribution in [2.75, 3.05) is 19.6 Å². The van der Waals surface area contributed by atoms with Gasteiger partial charge in [-0.3, -0.25) is 10.2 Å². The predicted molar refractivity (Wildman–Crippen MR) is 111 cm³/mol. The molecule has 29 heavy (non-hydrogen) atoms. The molecule has 3 saturated heterocycles. The molecule has 1 aromatic carbocycles. The van der Waals surface area contributed by atoms with Crippen molar-refractivity contribution in [2.45, 2.75) is 38.0 Å². The number of nitrogens with zero attached hydrogens (tertiary/aromatic N) is 1. The number of esters is 1. The van der Waals surface area contributed by atoms with Gasteiger partial charge in [0.2, 0.25) is 0 Å². The average Bonchev–Trinajstić information content (AvgIpc) is 3.23. The summed E-state index contributed by atoms with van der Waals surface area (Å²) >= 11 is 1.21. The van der Waals surface area contributed by atoms with Crippen LogP contribution < -0.4 is 5.32 Å². The maximum absolute atomic E-state index is 13.4. The quantitative estimate of drug-likeness (QED) is 0.678. The van der Waals surface area contributed by atoms with Gasteiger partial charge < -0.3 is 9.84 Å². The van der Waals surface area contributed by atoms with Crippen LogP contribution in [-0.4, -0.2) is 47.7 Å². The molecule has 2 atom stereocenters. The lowest BCUT2D eigenvalue weighted by atomic mass is 9.85. The van der Waals surface area contributed by atoms with Gasteiger partial charge >= 0.3 is 11.9 Å². The third-order valence-electron chi connectivity index (χ3n) is 6.10. The molecule has 3 aliphatic rings. The zero-order valence-electron chi connectivity index (χ0n) is 16.5. The monoisotopic (exact) mass is 414 g/mol. The number of ether oxygens (including phenoxy) is 1. The lowest BCUT2D eigenvalue weighted by Gasteiger charge is -2.45. The summed E-state index contributed by atoms with van der Waals surface area (Å²) in [6, 6.07) is 12.9. The van der Waals surface area contributed by atoms with E-state index in [1.165, 1.54) is 11.3 Å². The minimum Gasteiger partial charge on any atom is -0.477 e. The summed E-state index contributed by atoms with van der Waals surface area (Å²) in [6.45, 7) is 5.24. The Morgan fingerprint density at radius 1 is 1.21 bits per heavy atom. The SMILES string of the molecule is CC(NCc1ccc(C(=O)O)s1)(C(=O)O[C@H]1CN2CCC1CC2)c1ccccc1. The minimum absolute atomic E-state index is 0.0600. The number of carbonyl (C=O) groups is 2. The van der Waals surface area contributed by atoms with Crippen LogP contribution in [0.1, 0.15) is 39.9 Å². The van der Waals surface area contributed by atoms with Gasteiger partial charge in [-0.1, -0.05) is 30.3 Å². The predicted octanol–water partition coefficient (Wildman–Crippen LogP) is 3.09. The van der Waals surface area contributed by atoms with Crippen molar-refractivity contribution in [3.63, 3.8) is 0 Å². The first-order chi connectivity index (χ1) is 14.0. The number of hydrogen-bond donors (Lipinski definition) is 2. The largest absolute Gasteiger partial charge is 0.477 e. The smallest absolute Gasteiger partial charge is 0.345 e. The fourth-order valence-electron chi connectivity index (χ4n) is 4.21. The van der Waals surface area contributed by atoms with Crippen molar-refractivity contribution >= 4 is 23.3 Å². The molecular formula is C22H26N2O4S. The van der Waals surface area contributed by atoms with E-state index in [1.807, 2.05) is 37.3 Å². The van der Waals surface area contributed by atoms with Gasteiger partial charge in [0, 0.05) is 18.0 Å². The summed E-state index contributed by atoms with van der Waals surface area (Å²) in [5.74, 6) is -0.773. The lowest BCUT2D eigenvalue weighted by Crippen LogP contribution is -2.55. The molecule has 1 aromatic heterocycles. The summed E-state index contributed by atoms with van der Waals surface area (Å²) in [5.41, 5.74) is -0.179. The van der Waals surface area contributed by atoms with Crippen LogP contribution in [0.15, 0.2) is 42.5 Å². The number of rotatable bonds is 7. The van der Waals surface area contributed by atoms with Gasteiger partial charge in [-0.15, -0.1) is 11.3 Å². The lowest BCUT2D eigenvalue weighted by molar-refractivity contribution is -0.166. The molecule has 0 aliphatic carbocycles. The van der Waals surface area contributed by atoms with E-state index in [9.17, 15) is 9.59 Å². The molecule has 4 heterocycles. The summed E-state index contributed by atoms with van der Waals surface area (Å²) in [7, 11) is 0. The standard InChI is InChI=1S/C22H26N2O4S/c1-22(16-5-3-2-4-6-16,23-13-17-7-8-19(29-17)20(25)26)21(27)28-18-14-24-11-9-15(18)10-12-24/h2-8,15,18,23H,9-14H2,1H3,(H,25,26)/t18-,22?/m0/s1. The molecule has 3 aliphatic heterocycles. The Bertz CT molecular complexity index is 876. The first-order valence-corrected chi connectivity index (χ1v) is 10.8. The van der Waals surface area contributed by atoms with Crippen LogP contribution >= 0.6 is 11.3 Å². The molecule has 0 radical (unpaired) electrons. The highest BCUT2D eigenvalue weighted by molar-refractivity contribution is 7.13. The number of nitrogens with one attached hydrogen (secondary N) is 1. The second-order valence-electron chi connectivity index (χ2n) is 8.00. The molecule has 5 rings (SSSR count). The molecule has 0 amide bonds. The van der Waals surface area contributed by atoms with Crippen molar-refractivity contribution < 1.29 is 19.4 Å². The number of hydrogen-bond acceptors (Lipinski definition) is 6. The summed E-state index contributed by atoms with van der Waals surface area (Å²) < 4.78 is 6.04. The van der Waals surface area contributed by atoms with Gasteiger partial charge in [0.1, 0.15) is 16.5 Å². The Morgan fingerprint density at radius 2 is 1.93 bits per heavy atom. The third-order valence-corrected chi connectivity index (χ3v) is 7.18. The number of carbonyl (C=O) groups excluding carboxylic acids is 1. The van der Waals surface area contributed by atoms with Crippen LogP contribution in [0.3, 0.4) is 0 Å². The highest BCUT2D eigenvalue weighted by atomic mass is 32.1. The highest BCUT2D eigenvalue weighted by Crippen LogP contribution is 2.32. The Labute approximate surface area is 174 Å². The summed E-state index contributed by atoms with van der Waals surface area (Å²) in [4.78, 5) is 28.0. The number of carboxylic acid groups (broad SMARTS) is 1. The van der Waals surface area contributed by atoms with Gasteiger partial charge in [0.25, 0.3) is 0 Å². The maximum atomic E-state index is 13.4. The van der Waals surface area contributed by atoms with Gasteiger partial charge in [-0.25, -0.2) is 9.59 Å². The van der Waals surface area contributed by atoms with E-state index in [0.29, 0.717) is 12.5 Å². The Balaban J connectivity index is 1.52. The van der Waals surface area contributed by atoms with Gasteiger partial charge in [0.05, 0.1) is 0 Å². The number of benzene rings is 1. The molecule has 0 spiro atoms. The average molecular weight is 415 g/mol. The molecule has 6 nitrogen and oxygen atoms in total. The fourth-order valence-corrected chi connectivity index (χ4v) is 5.00. The van der Waals surface area contributed by atoms with Crippen LogP contribution in [0.2, 0.25) is 0 Å². The summed E-state index contributed by atoms with van der Waals surface area (Å²) in [6.07, 6.45) is 2.11. The number of carboxylic acids is 1. The van der Waals surface area contributed by atoms with Gasteiger partial charge in [-0.05, 0) is 56.5 Å². The second kappa shape index (κ2) is 8.26. The van der Waals surface area contributed by atoms with Crippen LogP contribution in [0.25, 0.3) is 0 Å². The Morgan fingerprint density at radius 3 is 2.52 bits per heavy atom. The van der Waals surface area contributed by atoms with E-state index in [4.69, 9.17) is 9.84 Å². The van der Waals surface area contributed by atoms with Crippen LogP contribution in [-0.2, 0) is 21.6 Å². The fraction of sp³-hybridized carbons (Fsp3) is 0.455. The molecule has 154 valence electrons. The van der Waals surface area contributed by atoms with Crippen molar-refractivity contribution in [1.29, 1.82) is 0 Å². The van der Waals surface area contributed by atoms with Gasteiger partial charge in [0.15, 0.2) is 0 Å². The van der Waals surface area contributed by atoms with Crippen LogP contribution in [0.4, 0.5) is 0 Å². The van der Waals surface area contributed by atoms with E-state index >= 15 is 0 Å². The van der Waals surface area contributed by atoms with Crippen LogP contribution in [0.5, 0.6) is 0 Å². The molecule has 1 unspecified atom stereocenters. The van der Waals surface area contributed by atoms with E-state index in [-0.39, 0.29) is 17.0 Å². The molecule has 2 N–H and O–H groups in total. The number of thiophene rings is 1. The second-order valence-corrected chi connectivity index (χ2v) is 9.17. The normalized spacial score (nSPS) is 25.3. The molecule has 2 aromatic rings. The molecule has 3 fully saturated rings. The van der Waals surface area contributed by atoms with E-state index in [1.54, 1.807) is 12.1 Å². The Hall–Kier alpha value is -2.22. The molecule has 2 bridgehead atoms. The first kappa shape index (κ1) is 20.1. The van der Waals surface area contributed by atoms with E-state index < -0.39 is 11.5 Å². The third kappa shape index (κ3) is 4.22. The zero-order valence-corrected chi connectivity index (χ0v) is 17.3. The molecule has 0 saturated carbocycles. The molecular weight excluding hydrogens is 388 g/mol. The highest BCUT2D eigenvalue weighted by Gasteiger charge is 2.42. The Kier molecular flexibility index (Phi) is 5.72. The topological polar surface area (TPSA) is 78.9 Å². The van der Waals surface area contributed by atoms with E-state index in [2.05, 4.69) is 10.2 Å². The first-order valence-electron chi connectivity index (χ1n) is 10.0. The van der Waals surface area contributed by atoms with Crippen molar-refractivity contribution in [1.82, 2.24) is 10.2 Å². The molecule has 7 heteroatoms. The zero-order chi connectivity index (χ0) is 20.4. The number of aromatic carboxylic acids is 1. The van der Waals surface area contributed by atoms with Gasteiger partial charge in [-0.2, -0.15) is 0 Å². The minimum atomic E-state index is -1.01. The van der Waals surface area contributed by atoms with Crippen molar-refractivity contribution in [2.24, 2.45) is 5.92 Å². The van der Waals surface area contributed by atoms with Crippen LogP contribution in [0, 0.1) is 5.92 Å².